The Bertz CT molecular complexity index is 557. The minimum absolute atomic E-state index is 0.276. The summed E-state index contributed by atoms with van der Waals surface area (Å²) in [6.07, 6.45) is 3.13. The molecule has 0 radical (unpaired) electrons. The van der Waals surface area contributed by atoms with E-state index in [9.17, 15) is 0 Å². The molecule has 0 N–H and O–H groups in total. The van der Waals surface area contributed by atoms with Crippen LogP contribution in [0.25, 0.3) is 0 Å². The second kappa shape index (κ2) is 4.77. The highest BCUT2D eigenvalue weighted by atomic mass is 14.8. The van der Waals surface area contributed by atoms with Gasteiger partial charge in [-0.1, -0.05) is 61.5 Å². The molecular formula is C17H17N. The molecule has 0 bridgehead atoms. The van der Waals surface area contributed by atoms with Crippen LogP contribution in [0, 0.1) is 5.92 Å². The molecule has 0 spiro atoms. The zero-order valence-corrected chi connectivity index (χ0v) is 10.6. The van der Waals surface area contributed by atoms with E-state index in [1.807, 2.05) is 6.21 Å². The van der Waals surface area contributed by atoms with Crippen molar-refractivity contribution in [2.45, 2.75) is 19.4 Å². The van der Waals surface area contributed by atoms with Crippen molar-refractivity contribution in [3.8, 4) is 0 Å². The molecule has 0 unspecified atom stereocenters. The topological polar surface area (TPSA) is 12.4 Å². The van der Waals surface area contributed by atoms with Crippen molar-refractivity contribution >= 4 is 6.21 Å². The number of hydrogen-bond acceptors (Lipinski definition) is 1. The van der Waals surface area contributed by atoms with Crippen LogP contribution < -0.4 is 0 Å². The average Bonchev–Trinajstić information content (AvgIpc) is 2.58. The van der Waals surface area contributed by atoms with Crippen molar-refractivity contribution in [3.63, 3.8) is 0 Å². The third-order valence-corrected chi connectivity index (χ3v) is 3.65. The maximum absolute atomic E-state index is 4.79. The highest BCUT2D eigenvalue weighted by molar-refractivity contribution is 5.82. The lowest BCUT2D eigenvalue weighted by molar-refractivity contribution is 0.476. The zero-order valence-electron chi connectivity index (χ0n) is 10.6. The van der Waals surface area contributed by atoms with Crippen LogP contribution in [0.2, 0.25) is 0 Å². The molecule has 1 heterocycles. The van der Waals surface area contributed by atoms with Crippen LogP contribution >= 0.6 is 0 Å². The van der Waals surface area contributed by atoms with Gasteiger partial charge in [-0.05, 0) is 29.0 Å². The van der Waals surface area contributed by atoms with Gasteiger partial charge >= 0.3 is 0 Å². The first-order valence-corrected chi connectivity index (χ1v) is 6.50. The van der Waals surface area contributed by atoms with E-state index in [0.717, 1.165) is 6.42 Å². The van der Waals surface area contributed by atoms with Gasteiger partial charge in [-0.15, -0.1) is 0 Å². The Balaban J connectivity index is 1.97. The predicted octanol–water partition coefficient (Wildman–Crippen LogP) is 4.04. The lowest BCUT2D eigenvalue weighted by Gasteiger charge is -2.19. The molecule has 1 aliphatic heterocycles. The lowest BCUT2D eigenvalue weighted by atomic mass is 9.89. The molecule has 0 saturated carbocycles. The summed E-state index contributed by atoms with van der Waals surface area (Å²) < 4.78 is 0. The van der Waals surface area contributed by atoms with Crippen LogP contribution in [0.4, 0.5) is 0 Å². The molecule has 0 fully saturated rings. The first-order valence-electron chi connectivity index (χ1n) is 6.50. The number of aliphatic imine (C=N–C) groups is 1. The molecule has 0 saturated heterocycles. The summed E-state index contributed by atoms with van der Waals surface area (Å²) >= 11 is 0. The standard InChI is InChI=1S/C17H17N/c1-13-11-15-9-5-6-10-16(15)12-18-17(13)14-7-3-2-4-8-14/h2-10,12-13,17H,11H2,1H3/t13-,17+/m0/s1. The van der Waals surface area contributed by atoms with E-state index in [4.69, 9.17) is 4.99 Å². The van der Waals surface area contributed by atoms with Crippen molar-refractivity contribution in [2.24, 2.45) is 10.9 Å². The molecular weight excluding hydrogens is 218 g/mol. The maximum atomic E-state index is 4.79. The van der Waals surface area contributed by atoms with E-state index in [1.165, 1.54) is 16.7 Å². The van der Waals surface area contributed by atoms with Crippen molar-refractivity contribution < 1.29 is 0 Å². The minimum Gasteiger partial charge on any atom is -0.284 e. The molecule has 0 amide bonds. The number of hydrogen-bond donors (Lipinski definition) is 0. The van der Waals surface area contributed by atoms with Crippen LogP contribution in [0.1, 0.15) is 29.7 Å². The Morgan fingerprint density at radius 3 is 2.50 bits per heavy atom. The maximum Gasteiger partial charge on any atom is 0.0777 e. The van der Waals surface area contributed by atoms with E-state index >= 15 is 0 Å². The Morgan fingerprint density at radius 1 is 0.944 bits per heavy atom. The SMILES string of the molecule is C[C@H]1Cc2ccccc2C=N[C@H]1c1ccccc1. The quantitative estimate of drug-likeness (QED) is 0.707. The molecule has 1 heteroatoms. The van der Waals surface area contributed by atoms with Crippen LogP contribution in [-0.2, 0) is 6.42 Å². The van der Waals surface area contributed by atoms with E-state index in [-0.39, 0.29) is 6.04 Å². The average molecular weight is 235 g/mol. The Labute approximate surface area is 108 Å². The Morgan fingerprint density at radius 2 is 1.67 bits per heavy atom. The fraction of sp³-hybridized carbons (Fsp3) is 0.235. The minimum atomic E-state index is 0.276. The van der Waals surface area contributed by atoms with Crippen molar-refractivity contribution in [3.05, 3.63) is 71.3 Å². The van der Waals surface area contributed by atoms with Gasteiger partial charge in [0.1, 0.15) is 0 Å². The van der Waals surface area contributed by atoms with Gasteiger partial charge in [-0.25, -0.2) is 0 Å². The lowest BCUT2D eigenvalue weighted by Crippen LogP contribution is -2.09. The van der Waals surface area contributed by atoms with Crippen molar-refractivity contribution in [2.75, 3.05) is 0 Å². The summed E-state index contributed by atoms with van der Waals surface area (Å²) in [6, 6.07) is 19.4. The van der Waals surface area contributed by atoms with Gasteiger partial charge in [0.05, 0.1) is 6.04 Å². The molecule has 3 rings (SSSR count). The zero-order chi connectivity index (χ0) is 12.4. The second-order valence-electron chi connectivity index (χ2n) is 5.01. The Hall–Kier alpha value is -1.89. The van der Waals surface area contributed by atoms with Crippen LogP contribution in [-0.4, -0.2) is 6.21 Å². The van der Waals surface area contributed by atoms with Gasteiger partial charge in [-0.2, -0.15) is 0 Å². The third-order valence-electron chi connectivity index (χ3n) is 3.65. The summed E-state index contributed by atoms with van der Waals surface area (Å²) in [4.78, 5) is 4.79. The summed E-state index contributed by atoms with van der Waals surface area (Å²) in [7, 11) is 0. The van der Waals surface area contributed by atoms with Gasteiger partial charge < -0.3 is 0 Å². The molecule has 0 aromatic heterocycles. The van der Waals surface area contributed by atoms with Gasteiger partial charge in [0.15, 0.2) is 0 Å². The number of nitrogens with zero attached hydrogens (tertiary/aromatic N) is 1. The highest BCUT2D eigenvalue weighted by Crippen LogP contribution is 2.31. The third kappa shape index (κ3) is 2.08. The summed E-state index contributed by atoms with van der Waals surface area (Å²) in [5.41, 5.74) is 3.99. The normalized spacial score (nSPS) is 22.3. The summed E-state index contributed by atoms with van der Waals surface area (Å²) in [5.74, 6) is 0.535. The smallest absolute Gasteiger partial charge is 0.0777 e. The fourth-order valence-corrected chi connectivity index (χ4v) is 2.68. The molecule has 90 valence electrons. The fourth-order valence-electron chi connectivity index (χ4n) is 2.68. The van der Waals surface area contributed by atoms with E-state index in [2.05, 4.69) is 61.5 Å². The van der Waals surface area contributed by atoms with Gasteiger partial charge in [0, 0.05) is 6.21 Å². The van der Waals surface area contributed by atoms with Gasteiger partial charge in [0.2, 0.25) is 0 Å². The summed E-state index contributed by atoms with van der Waals surface area (Å²) in [5, 5.41) is 0. The number of rotatable bonds is 1. The van der Waals surface area contributed by atoms with E-state index in [0.29, 0.717) is 5.92 Å². The van der Waals surface area contributed by atoms with Crippen LogP contribution in [0.15, 0.2) is 59.6 Å². The van der Waals surface area contributed by atoms with Gasteiger partial charge in [-0.3, -0.25) is 4.99 Å². The van der Waals surface area contributed by atoms with Crippen LogP contribution in [0.3, 0.4) is 0 Å². The molecule has 2 atom stereocenters. The molecule has 2 aromatic carbocycles. The van der Waals surface area contributed by atoms with E-state index < -0.39 is 0 Å². The largest absolute Gasteiger partial charge is 0.284 e. The molecule has 2 aromatic rings. The molecule has 1 nitrogen and oxygen atoms in total. The van der Waals surface area contributed by atoms with Gasteiger partial charge in [0.25, 0.3) is 0 Å². The summed E-state index contributed by atoms with van der Waals surface area (Å²) in [6.45, 7) is 2.29. The molecule has 18 heavy (non-hydrogen) atoms. The van der Waals surface area contributed by atoms with Crippen LogP contribution in [0.5, 0.6) is 0 Å². The van der Waals surface area contributed by atoms with Crippen molar-refractivity contribution in [1.29, 1.82) is 0 Å². The monoisotopic (exact) mass is 235 g/mol. The first kappa shape index (κ1) is 11.2. The van der Waals surface area contributed by atoms with Crippen molar-refractivity contribution in [1.82, 2.24) is 0 Å². The second-order valence-corrected chi connectivity index (χ2v) is 5.01. The predicted molar refractivity (Wildman–Crippen MR) is 76.1 cm³/mol. The first-order chi connectivity index (χ1) is 8.84. The number of benzene rings is 2. The molecule has 1 aliphatic rings. The van der Waals surface area contributed by atoms with E-state index in [1.54, 1.807) is 0 Å². The molecule has 0 aliphatic carbocycles. The number of fused-ring (bicyclic) bond motifs is 1. The highest BCUT2D eigenvalue weighted by Gasteiger charge is 2.21. The Kier molecular flexibility index (Phi) is 2.97.